The first-order valence-electron chi connectivity index (χ1n) is 11.3. The molecular formula is C26H29N5O3. The average Bonchev–Trinajstić information content (AvgIpc) is 3.24. The summed E-state index contributed by atoms with van der Waals surface area (Å²) in [5, 5.41) is 10.2. The van der Waals surface area contributed by atoms with E-state index in [1.165, 1.54) is 0 Å². The van der Waals surface area contributed by atoms with Gasteiger partial charge in [-0.05, 0) is 51.3 Å². The van der Waals surface area contributed by atoms with Gasteiger partial charge >= 0.3 is 6.03 Å². The Kier molecular flexibility index (Phi) is 6.49. The minimum Gasteiger partial charge on any atom is -0.350 e. The molecule has 2 heterocycles. The zero-order chi connectivity index (χ0) is 24.3. The Labute approximate surface area is 199 Å². The van der Waals surface area contributed by atoms with Crippen molar-refractivity contribution in [3.63, 3.8) is 0 Å². The number of hydrogen-bond acceptors (Lipinski definition) is 4. The molecule has 2 aromatic carbocycles. The van der Waals surface area contributed by atoms with Crippen molar-refractivity contribution in [2.24, 2.45) is 0 Å². The molecule has 1 saturated heterocycles. The number of rotatable bonds is 8. The fraction of sp³-hybridized carbons (Fsp3) is 0.308. The summed E-state index contributed by atoms with van der Waals surface area (Å²) in [5.41, 5.74) is 3.63. The standard InChI is InChI=1S/C26H29N5O3/c1-18-22(19(2)31(29-18)21-12-8-5-9-13-21)16-27-23(32)17-30-24(33)26(3,28-25(30)34)15-14-20-10-6-4-7-11-20/h4-13H,14-17H2,1-3H3,(H,27,32)(H,28,34). The summed E-state index contributed by atoms with van der Waals surface area (Å²) in [7, 11) is 0. The van der Waals surface area contributed by atoms with Crippen molar-refractivity contribution < 1.29 is 14.4 Å². The lowest BCUT2D eigenvalue weighted by Crippen LogP contribution is -2.45. The van der Waals surface area contributed by atoms with Gasteiger partial charge < -0.3 is 10.6 Å². The van der Waals surface area contributed by atoms with Gasteiger partial charge in [0.05, 0.1) is 11.4 Å². The van der Waals surface area contributed by atoms with Crippen LogP contribution in [0.2, 0.25) is 0 Å². The number of aryl methyl sites for hydroxylation is 2. The van der Waals surface area contributed by atoms with Crippen LogP contribution < -0.4 is 10.6 Å². The number of carbonyl (C=O) groups is 3. The van der Waals surface area contributed by atoms with Gasteiger partial charge in [0, 0.05) is 17.8 Å². The number of urea groups is 1. The molecule has 0 spiro atoms. The van der Waals surface area contributed by atoms with E-state index in [1.54, 1.807) is 6.92 Å². The zero-order valence-corrected chi connectivity index (χ0v) is 19.7. The van der Waals surface area contributed by atoms with Gasteiger partial charge in [-0.2, -0.15) is 5.10 Å². The second kappa shape index (κ2) is 9.51. The van der Waals surface area contributed by atoms with Gasteiger partial charge in [0.25, 0.3) is 5.91 Å². The third-order valence-corrected chi connectivity index (χ3v) is 6.31. The second-order valence-electron chi connectivity index (χ2n) is 8.81. The summed E-state index contributed by atoms with van der Waals surface area (Å²) in [5.74, 6) is -0.782. The molecule has 8 heteroatoms. The van der Waals surface area contributed by atoms with Crippen molar-refractivity contribution in [1.29, 1.82) is 0 Å². The monoisotopic (exact) mass is 459 g/mol. The van der Waals surface area contributed by atoms with E-state index in [4.69, 9.17) is 0 Å². The molecule has 1 fully saturated rings. The maximum Gasteiger partial charge on any atom is 0.325 e. The summed E-state index contributed by atoms with van der Waals surface area (Å²) in [4.78, 5) is 39.1. The molecule has 0 aliphatic carbocycles. The predicted molar refractivity (Wildman–Crippen MR) is 128 cm³/mol. The Morgan fingerprint density at radius 2 is 1.68 bits per heavy atom. The van der Waals surface area contributed by atoms with Crippen molar-refractivity contribution in [2.75, 3.05) is 6.54 Å². The maximum absolute atomic E-state index is 13.0. The third kappa shape index (κ3) is 4.71. The van der Waals surface area contributed by atoms with E-state index < -0.39 is 17.5 Å². The summed E-state index contributed by atoms with van der Waals surface area (Å²) in [6, 6.07) is 19.0. The fourth-order valence-electron chi connectivity index (χ4n) is 4.24. The van der Waals surface area contributed by atoms with Gasteiger partial charge in [0.15, 0.2) is 0 Å². The highest BCUT2D eigenvalue weighted by Crippen LogP contribution is 2.23. The first-order chi connectivity index (χ1) is 16.3. The summed E-state index contributed by atoms with van der Waals surface area (Å²) in [6.07, 6.45) is 1.10. The molecule has 4 amide bonds. The molecule has 0 radical (unpaired) electrons. The van der Waals surface area contributed by atoms with Crippen LogP contribution in [-0.4, -0.2) is 44.6 Å². The van der Waals surface area contributed by atoms with E-state index in [0.717, 1.165) is 33.1 Å². The van der Waals surface area contributed by atoms with E-state index in [-0.39, 0.29) is 19.0 Å². The number of amides is 4. The van der Waals surface area contributed by atoms with Crippen LogP contribution in [0, 0.1) is 13.8 Å². The van der Waals surface area contributed by atoms with Gasteiger partial charge in [0.1, 0.15) is 12.1 Å². The number of carbonyl (C=O) groups excluding carboxylic acids is 3. The van der Waals surface area contributed by atoms with Gasteiger partial charge in [-0.3, -0.25) is 14.5 Å². The molecule has 1 atom stereocenters. The van der Waals surface area contributed by atoms with Crippen LogP contribution in [0.1, 0.15) is 35.9 Å². The molecule has 1 unspecified atom stereocenters. The molecule has 3 aromatic rings. The molecule has 176 valence electrons. The Morgan fingerprint density at radius 3 is 2.35 bits per heavy atom. The number of para-hydroxylation sites is 1. The summed E-state index contributed by atoms with van der Waals surface area (Å²) >= 11 is 0. The van der Waals surface area contributed by atoms with Crippen molar-refractivity contribution in [3.05, 3.63) is 83.2 Å². The minimum atomic E-state index is -1.03. The smallest absolute Gasteiger partial charge is 0.325 e. The molecule has 1 aliphatic rings. The van der Waals surface area contributed by atoms with Crippen LogP contribution in [0.15, 0.2) is 60.7 Å². The number of nitrogens with zero attached hydrogens (tertiary/aromatic N) is 3. The van der Waals surface area contributed by atoms with Crippen LogP contribution in [-0.2, 0) is 22.6 Å². The van der Waals surface area contributed by atoms with Crippen molar-refractivity contribution in [3.8, 4) is 5.69 Å². The number of hydrogen-bond donors (Lipinski definition) is 2. The topological polar surface area (TPSA) is 96.3 Å². The van der Waals surface area contributed by atoms with E-state index in [0.29, 0.717) is 12.8 Å². The van der Waals surface area contributed by atoms with E-state index in [2.05, 4.69) is 15.7 Å². The molecule has 1 aliphatic heterocycles. The van der Waals surface area contributed by atoms with Gasteiger partial charge in [0.2, 0.25) is 5.91 Å². The fourth-order valence-corrected chi connectivity index (χ4v) is 4.24. The number of nitrogens with one attached hydrogen (secondary N) is 2. The SMILES string of the molecule is Cc1nn(-c2ccccc2)c(C)c1CNC(=O)CN1C(=O)NC(C)(CCc2ccccc2)C1=O. The largest absolute Gasteiger partial charge is 0.350 e. The lowest BCUT2D eigenvalue weighted by Gasteiger charge is -2.21. The van der Waals surface area contributed by atoms with E-state index in [1.807, 2.05) is 79.2 Å². The van der Waals surface area contributed by atoms with E-state index in [9.17, 15) is 14.4 Å². The molecule has 34 heavy (non-hydrogen) atoms. The maximum atomic E-state index is 13.0. The Hall–Kier alpha value is -3.94. The number of benzene rings is 2. The van der Waals surface area contributed by atoms with Gasteiger partial charge in [-0.25, -0.2) is 9.48 Å². The third-order valence-electron chi connectivity index (χ3n) is 6.31. The van der Waals surface area contributed by atoms with Crippen LogP contribution >= 0.6 is 0 Å². The highest BCUT2D eigenvalue weighted by molar-refractivity contribution is 6.08. The molecule has 0 bridgehead atoms. The first kappa shape index (κ1) is 23.2. The van der Waals surface area contributed by atoms with Crippen molar-refractivity contribution in [2.45, 2.75) is 45.7 Å². The van der Waals surface area contributed by atoms with Crippen LogP contribution in [0.25, 0.3) is 5.69 Å². The first-order valence-corrected chi connectivity index (χ1v) is 11.3. The lowest BCUT2D eigenvalue weighted by atomic mass is 9.93. The number of imide groups is 1. The molecule has 4 rings (SSSR count). The van der Waals surface area contributed by atoms with Gasteiger partial charge in [-0.15, -0.1) is 0 Å². The highest BCUT2D eigenvalue weighted by Gasteiger charge is 2.47. The quantitative estimate of drug-likeness (QED) is 0.506. The molecule has 0 saturated carbocycles. The molecule has 2 N–H and O–H groups in total. The number of aromatic nitrogens is 2. The van der Waals surface area contributed by atoms with E-state index >= 15 is 0 Å². The van der Waals surface area contributed by atoms with Crippen molar-refractivity contribution in [1.82, 2.24) is 25.3 Å². The Bertz CT molecular complexity index is 1210. The van der Waals surface area contributed by atoms with Crippen LogP contribution in [0.4, 0.5) is 4.79 Å². The predicted octanol–water partition coefficient (Wildman–Crippen LogP) is 3.05. The lowest BCUT2D eigenvalue weighted by molar-refractivity contribution is -0.134. The zero-order valence-electron chi connectivity index (χ0n) is 19.7. The molecule has 8 nitrogen and oxygen atoms in total. The molecular weight excluding hydrogens is 430 g/mol. The van der Waals surface area contributed by atoms with Crippen molar-refractivity contribution >= 4 is 17.8 Å². The second-order valence-corrected chi connectivity index (χ2v) is 8.81. The normalized spacial score (nSPS) is 17.7. The Balaban J connectivity index is 1.36. The van der Waals surface area contributed by atoms with Gasteiger partial charge in [-0.1, -0.05) is 48.5 Å². The minimum absolute atomic E-state index is 0.262. The highest BCUT2D eigenvalue weighted by atomic mass is 16.2. The molecule has 1 aromatic heterocycles. The summed E-state index contributed by atoms with van der Waals surface area (Å²) in [6.45, 7) is 5.49. The van der Waals surface area contributed by atoms with Crippen LogP contribution in [0.5, 0.6) is 0 Å². The summed E-state index contributed by atoms with van der Waals surface area (Å²) < 4.78 is 1.84. The average molecular weight is 460 g/mol. The van der Waals surface area contributed by atoms with Crippen LogP contribution in [0.3, 0.4) is 0 Å². The Morgan fingerprint density at radius 1 is 1.03 bits per heavy atom.